The van der Waals surface area contributed by atoms with Gasteiger partial charge in [-0.1, -0.05) is 34.1 Å². The van der Waals surface area contributed by atoms with Crippen LogP contribution in [0.2, 0.25) is 0 Å². The average molecular weight is 374 g/mol. The van der Waals surface area contributed by atoms with E-state index in [9.17, 15) is 4.79 Å². The van der Waals surface area contributed by atoms with Crippen molar-refractivity contribution in [1.29, 1.82) is 0 Å². The smallest absolute Gasteiger partial charge is 0.231 e. The number of anilines is 1. The van der Waals surface area contributed by atoms with E-state index in [0.29, 0.717) is 6.42 Å². The molecule has 2 aromatic rings. The second-order valence-electron chi connectivity index (χ2n) is 5.86. The number of ether oxygens (including phenoxy) is 1. The van der Waals surface area contributed by atoms with Crippen LogP contribution < -0.4 is 9.64 Å². The van der Waals surface area contributed by atoms with Gasteiger partial charge in [-0.3, -0.25) is 4.79 Å². The normalized spacial score (nSPS) is 13.6. The molecule has 1 amide bonds. The molecule has 23 heavy (non-hydrogen) atoms. The summed E-state index contributed by atoms with van der Waals surface area (Å²) < 4.78 is 6.54. The van der Waals surface area contributed by atoms with E-state index in [0.717, 1.165) is 40.9 Å². The summed E-state index contributed by atoms with van der Waals surface area (Å²) in [4.78, 5) is 14.7. The van der Waals surface area contributed by atoms with E-state index in [1.165, 1.54) is 11.1 Å². The summed E-state index contributed by atoms with van der Waals surface area (Å²) in [6.07, 6.45) is 2.40. The molecule has 1 aliphatic heterocycles. The van der Waals surface area contributed by atoms with E-state index in [4.69, 9.17) is 4.74 Å². The lowest BCUT2D eigenvalue weighted by Gasteiger charge is -2.32. The highest BCUT2D eigenvalue weighted by atomic mass is 79.9. The third-order valence-corrected chi connectivity index (χ3v) is 4.88. The molecule has 1 aliphatic rings. The van der Waals surface area contributed by atoms with Gasteiger partial charge in [0, 0.05) is 11.0 Å². The molecule has 0 bridgehead atoms. The van der Waals surface area contributed by atoms with Crippen molar-refractivity contribution in [2.45, 2.75) is 26.2 Å². The lowest BCUT2D eigenvalue weighted by Crippen LogP contribution is -2.37. The summed E-state index contributed by atoms with van der Waals surface area (Å²) in [6, 6.07) is 11.9. The molecule has 0 saturated heterocycles. The first-order chi connectivity index (χ1) is 11.1. The summed E-state index contributed by atoms with van der Waals surface area (Å²) in [5.41, 5.74) is 4.44. The van der Waals surface area contributed by atoms with Gasteiger partial charge in [-0.05, 0) is 54.7 Å². The highest BCUT2D eigenvalue weighted by molar-refractivity contribution is 9.10. The second-order valence-corrected chi connectivity index (χ2v) is 6.78. The minimum atomic E-state index is 0.122. The Morgan fingerprint density at radius 3 is 2.65 bits per heavy atom. The van der Waals surface area contributed by atoms with Crippen LogP contribution in [0.3, 0.4) is 0 Å². The van der Waals surface area contributed by atoms with Crippen molar-refractivity contribution in [3.63, 3.8) is 0 Å². The number of hydrogen-bond donors (Lipinski definition) is 0. The summed E-state index contributed by atoms with van der Waals surface area (Å²) >= 11 is 3.42. The number of carbonyl (C=O) groups excluding carboxylic acids is 1. The minimum Gasteiger partial charge on any atom is -0.495 e. The molecule has 0 aromatic heterocycles. The van der Waals surface area contributed by atoms with Gasteiger partial charge in [-0.15, -0.1) is 0 Å². The number of rotatable bonds is 3. The van der Waals surface area contributed by atoms with E-state index in [1.807, 2.05) is 35.2 Å². The van der Waals surface area contributed by atoms with E-state index < -0.39 is 0 Å². The maximum absolute atomic E-state index is 12.9. The Hall–Kier alpha value is -1.81. The third-order valence-electron chi connectivity index (χ3n) is 4.35. The fraction of sp³-hybridized carbons (Fsp3) is 0.316. The largest absolute Gasteiger partial charge is 0.495 e. The molecule has 0 fully saturated rings. The Kier molecular flexibility index (Phi) is 4.71. The van der Waals surface area contributed by atoms with Crippen LogP contribution in [-0.2, 0) is 17.6 Å². The summed E-state index contributed by atoms with van der Waals surface area (Å²) in [5, 5.41) is 0. The van der Waals surface area contributed by atoms with Crippen molar-refractivity contribution in [3.05, 3.63) is 57.6 Å². The molecule has 0 saturated carbocycles. The van der Waals surface area contributed by atoms with Crippen LogP contribution in [0.5, 0.6) is 5.75 Å². The minimum absolute atomic E-state index is 0.122. The number of carbonyl (C=O) groups is 1. The topological polar surface area (TPSA) is 29.5 Å². The monoisotopic (exact) mass is 373 g/mol. The summed E-state index contributed by atoms with van der Waals surface area (Å²) in [5.74, 6) is 0.909. The van der Waals surface area contributed by atoms with Gasteiger partial charge < -0.3 is 9.64 Å². The average Bonchev–Trinajstić information content (AvgIpc) is 2.57. The number of benzene rings is 2. The van der Waals surface area contributed by atoms with Crippen molar-refractivity contribution >= 4 is 27.5 Å². The van der Waals surface area contributed by atoms with Crippen molar-refractivity contribution in [2.24, 2.45) is 0 Å². The molecule has 120 valence electrons. The predicted molar refractivity (Wildman–Crippen MR) is 96.3 cm³/mol. The number of fused-ring (bicyclic) bond motifs is 1. The first-order valence-corrected chi connectivity index (χ1v) is 8.60. The number of methoxy groups -OCH3 is 1. The lowest BCUT2D eigenvalue weighted by molar-refractivity contribution is -0.118. The zero-order valence-electron chi connectivity index (χ0n) is 13.4. The summed E-state index contributed by atoms with van der Waals surface area (Å²) in [7, 11) is 1.66. The van der Waals surface area contributed by atoms with E-state index >= 15 is 0 Å². The van der Waals surface area contributed by atoms with Crippen LogP contribution in [0, 0.1) is 6.92 Å². The van der Waals surface area contributed by atoms with Crippen molar-refractivity contribution in [2.75, 3.05) is 18.6 Å². The van der Waals surface area contributed by atoms with Gasteiger partial charge in [0.25, 0.3) is 0 Å². The lowest BCUT2D eigenvalue weighted by atomic mass is 9.95. The zero-order chi connectivity index (χ0) is 16.4. The fourth-order valence-electron chi connectivity index (χ4n) is 3.14. The molecule has 1 heterocycles. The van der Waals surface area contributed by atoms with Gasteiger partial charge in [0.2, 0.25) is 5.91 Å². The molecule has 3 rings (SSSR count). The molecule has 0 spiro atoms. The molecule has 0 unspecified atom stereocenters. The SMILES string of the molecule is COc1ccc(C)c2c1N(C(=O)Cc1ccc(Br)cc1)CCC2. The van der Waals surface area contributed by atoms with Crippen molar-refractivity contribution in [3.8, 4) is 5.75 Å². The number of nitrogens with zero attached hydrogens (tertiary/aromatic N) is 1. The first-order valence-electron chi connectivity index (χ1n) is 7.81. The van der Waals surface area contributed by atoms with E-state index in [-0.39, 0.29) is 5.91 Å². The number of aryl methyl sites for hydroxylation is 1. The third kappa shape index (κ3) is 3.27. The van der Waals surface area contributed by atoms with Crippen LogP contribution in [0.1, 0.15) is 23.1 Å². The van der Waals surface area contributed by atoms with Crippen LogP contribution in [0.25, 0.3) is 0 Å². The van der Waals surface area contributed by atoms with E-state index in [2.05, 4.69) is 28.9 Å². The van der Waals surface area contributed by atoms with Crippen LogP contribution in [0.4, 0.5) is 5.69 Å². The van der Waals surface area contributed by atoms with Crippen molar-refractivity contribution in [1.82, 2.24) is 0 Å². The zero-order valence-corrected chi connectivity index (χ0v) is 15.0. The fourth-order valence-corrected chi connectivity index (χ4v) is 3.40. The predicted octanol–water partition coefficient (Wildman–Crippen LogP) is 4.29. The molecule has 0 aliphatic carbocycles. The maximum Gasteiger partial charge on any atom is 0.231 e. The van der Waals surface area contributed by atoms with Gasteiger partial charge in [-0.25, -0.2) is 0 Å². The molecule has 3 nitrogen and oxygen atoms in total. The summed E-state index contributed by atoms with van der Waals surface area (Å²) in [6.45, 7) is 2.85. The first kappa shape index (κ1) is 16.1. The molecule has 0 N–H and O–H groups in total. The van der Waals surface area contributed by atoms with Gasteiger partial charge in [-0.2, -0.15) is 0 Å². The van der Waals surface area contributed by atoms with Gasteiger partial charge in [0.15, 0.2) is 0 Å². The van der Waals surface area contributed by atoms with Crippen LogP contribution >= 0.6 is 15.9 Å². The van der Waals surface area contributed by atoms with Crippen LogP contribution in [0.15, 0.2) is 40.9 Å². The Balaban J connectivity index is 1.91. The van der Waals surface area contributed by atoms with E-state index in [1.54, 1.807) is 7.11 Å². The standard InChI is InChI=1S/C19H20BrNO2/c1-13-5-10-17(23-2)19-16(13)4-3-11-21(19)18(22)12-14-6-8-15(20)9-7-14/h5-10H,3-4,11-12H2,1-2H3. The van der Waals surface area contributed by atoms with Crippen LogP contribution in [-0.4, -0.2) is 19.6 Å². The van der Waals surface area contributed by atoms with Gasteiger partial charge in [0.05, 0.1) is 19.2 Å². The number of amides is 1. The Morgan fingerprint density at radius 2 is 1.96 bits per heavy atom. The molecule has 0 radical (unpaired) electrons. The number of halogens is 1. The molecule has 4 heteroatoms. The quantitative estimate of drug-likeness (QED) is 0.802. The Bertz CT molecular complexity index is 725. The molecular formula is C19H20BrNO2. The van der Waals surface area contributed by atoms with Gasteiger partial charge in [0.1, 0.15) is 5.75 Å². The molecular weight excluding hydrogens is 354 g/mol. The molecule has 0 atom stereocenters. The maximum atomic E-state index is 12.9. The van der Waals surface area contributed by atoms with Gasteiger partial charge >= 0.3 is 0 Å². The van der Waals surface area contributed by atoms with Crippen molar-refractivity contribution < 1.29 is 9.53 Å². The Morgan fingerprint density at radius 1 is 1.22 bits per heavy atom. The highest BCUT2D eigenvalue weighted by Crippen LogP contribution is 2.38. The second kappa shape index (κ2) is 6.75. The molecule has 2 aromatic carbocycles. The Labute approximate surface area is 145 Å². The number of hydrogen-bond acceptors (Lipinski definition) is 2. The highest BCUT2D eigenvalue weighted by Gasteiger charge is 2.27.